The zero-order valence-electron chi connectivity index (χ0n) is 35.1. The quantitative estimate of drug-likeness (QED) is 0.122. The van der Waals surface area contributed by atoms with E-state index in [1.807, 2.05) is 57.2 Å². The van der Waals surface area contributed by atoms with E-state index < -0.39 is 24.0 Å². The van der Waals surface area contributed by atoms with Crippen LogP contribution < -0.4 is 35.2 Å². The summed E-state index contributed by atoms with van der Waals surface area (Å²) in [4.78, 5) is 55.2. The minimum Gasteiger partial charge on any atom is -0.476 e. The van der Waals surface area contributed by atoms with Crippen LogP contribution in [-0.4, -0.2) is 108 Å². The first kappa shape index (κ1) is 41.6. The molecule has 2 unspecified atom stereocenters. The van der Waals surface area contributed by atoms with Crippen molar-refractivity contribution < 1.29 is 19.1 Å². The maximum Gasteiger partial charge on any atom is 0.269 e. The molecule has 0 radical (unpaired) electrons. The zero-order valence-corrected chi connectivity index (χ0v) is 35.9. The van der Waals surface area contributed by atoms with Crippen molar-refractivity contribution in [1.29, 1.82) is 0 Å². The molecular weight excluding hydrogens is 792 g/mol. The number of benzene rings is 4. The molecule has 0 aliphatic carbocycles. The average Bonchev–Trinajstić information content (AvgIpc) is 3.26. The van der Waals surface area contributed by atoms with Crippen LogP contribution in [0, 0.1) is 20.8 Å². The average molecular weight is 843 g/mol. The number of aryl methyl sites for hydroxylation is 3. The van der Waals surface area contributed by atoms with Crippen LogP contribution in [0.3, 0.4) is 0 Å². The van der Waals surface area contributed by atoms with Crippen LogP contribution in [0.25, 0.3) is 21.8 Å². The first-order chi connectivity index (χ1) is 29.5. The third kappa shape index (κ3) is 9.77. The summed E-state index contributed by atoms with van der Waals surface area (Å²) in [5.41, 5.74) is 5.05. The first-order valence-corrected chi connectivity index (χ1v) is 21.1. The van der Waals surface area contributed by atoms with Crippen LogP contribution in [0.5, 0.6) is 11.5 Å². The molecule has 0 saturated carbocycles. The van der Waals surface area contributed by atoms with Gasteiger partial charge in [0.1, 0.15) is 11.5 Å². The molecule has 4 aromatic carbocycles. The normalized spacial score (nSPS) is 15.8. The van der Waals surface area contributed by atoms with E-state index in [0.717, 1.165) is 90.9 Å². The monoisotopic (exact) mass is 842 g/mol. The molecule has 3 N–H and O–H groups in total. The number of anilines is 4. The number of nitrogens with one attached hydrogen (secondary N) is 3. The molecule has 2 saturated heterocycles. The van der Waals surface area contributed by atoms with E-state index in [1.54, 1.807) is 48.5 Å². The van der Waals surface area contributed by atoms with Gasteiger partial charge in [0.25, 0.3) is 11.8 Å². The lowest BCUT2D eigenvalue weighted by Gasteiger charge is -2.35. The fraction of sp³-hybridized carbons (Fsp3) is 0.348. The van der Waals surface area contributed by atoms with E-state index in [4.69, 9.17) is 41.0 Å². The number of hydrogen-bond acceptors (Lipinski definition) is 12. The van der Waals surface area contributed by atoms with Crippen LogP contribution in [0.4, 0.5) is 23.3 Å². The predicted molar refractivity (Wildman–Crippen MR) is 241 cm³/mol. The molecule has 15 heteroatoms. The topological polar surface area (TPSA) is 150 Å². The summed E-state index contributed by atoms with van der Waals surface area (Å²) in [6.07, 6.45) is -0.861. The van der Waals surface area contributed by atoms with Gasteiger partial charge in [-0.1, -0.05) is 29.3 Å². The summed E-state index contributed by atoms with van der Waals surface area (Å²) in [6.45, 7) is 11.0. The van der Waals surface area contributed by atoms with Crippen molar-refractivity contribution in [2.75, 3.05) is 73.8 Å². The van der Waals surface area contributed by atoms with Crippen molar-refractivity contribution in [3.63, 3.8) is 0 Å². The van der Waals surface area contributed by atoms with Crippen molar-refractivity contribution >= 4 is 68.5 Å². The van der Waals surface area contributed by atoms with E-state index in [0.29, 0.717) is 45.8 Å². The van der Waals surface area contributed by atoms with Gasteiger partial charge in [0.2, 0.25) is 24.1 Å². The lowest BCUT2D eigenvalue weighted by Crippen LogP contribution is -2.51. The molecule has 2 amide bonds. The number of hydrogen-bond donors (Lipinski definition) is 3. The Bertz CT molecular complexity index is 2520. The summed E-state index contributed by atoms with van der Waals surface area (Å²) in [5.74, 6) is 0.869. The van der Waals surface area contributed by atoms with Gasteiger partial charge in [0.05, 0.1) is 22.4 Å². The van der Waals surface area contributed by atoms with Gasteiger partial charge in [-0.3, -0.25) is 9.59 Å². The molecule has 61 heavy (non-hydrogen) atoms. The SMILES string of the molecule is Cc1ccc(OC(C(=O)Nc2ccc3nc(N4CCNCC4)nc(C)c3c2)C(Oc2ccc(Cl)cc2)C(=O)Nc2ccc3nc(N4CCC(N(C)C)CC4)nc(C)c3c2)cc1. The van der Waals surface area contributed by atoms with Crippen molar-refractivity contribution in [1.82, 2.24) is 30.2 Å². The molecule has 2 aromatic heterocycles. The van der Waals surface area contributed by atoms with Crippen molar-refractivity contribution in [3.05, 3.63) is 107 Å². The van der Waals surface area contributed by atoms with Gasteiger partial charge in [-0.25, -0.2) is 19.9 Å². The molecule has 0 spiro atoms. The largest absolute Gasteiger partial charge is 0.476 e. The minimum atomic E-state index is -1.48. The van der Waals surface area contributed by atoms with Gasteiger partial charge in [-0.15, -0.1) is 0 Å². The van der Waals surface area contributed by atoms with Crippen LogP contribution in [0.1, 0.15) is 29.8 Å². The molecule has 316 valence electrons. The Balaban J connectivity index is 1.09. The number of aromatic nitrogens is 4. The Labute approximate surface area is 360 Å². The molecule has 8 rings (SSSR count). The Kier molecular flexibility index (Phi) is 12.5. The van der Waals surface area contributed by atoms with Gasteiger partial charge in [0.15, 0.2) is 0 Å². The maximum absolute atomic E-state index is 14.6. The summed E-state index contributed by atoms with van der Waals surface area (Å²) in [7, 11) is 4.24. The van der Waals surface area contributed by atoms with Gasteiger partial charge in [-0.05, 0) is 121 Å². The van der Waals surface area contributed by atoms with Crippen molar-refractivity contribution in [3.8, 4) is 11.5 Å². The van der Waals surface area contributed by atoms with E-state index in [9.17, 15) is 9.59 Å². The highest BCUT2D eigenvalue weighted by atomic mass is 35.5. The fourth-order valence-electron chi connectivity index (χ4n) is 7.77. The second kappa shape index (κ2) is 18.3. The van der Waals surface area contributed by atoms with E-state index in [2.05, 4.69) is 44.7 Å². The van der Waals surface area contributed by atoms with Gasteiger partial charge < -0.3 is 40.1 Å². The highest BCUT2D eigenvalue weighted by Crippen LogP contribution is 2.28. The third-order valence-corrected chi connectivity index (χ3v) is 11.6. The van der Waals surface area contributed by atoms with Crippen LogP contribution in [-0.2, 0) is 9.59 Å². The van der Waals surface area contributed by atoms with Gasteiger partial charge in [0, 0.05) is 72.5 Å². The summed E-state index contributed by atoms with van der Waals surface area (Å²) >= 11 is 6.22. The second-order valence-electron chi connectivity index (χ2n) is 15.9. The summed E-state index contributed by atoms with van der Waals surface area (Å²) < 4.78 is 12.8. The number of nitrogens with zero attached hydrogens (tertiary/aromatic N) is 7. The molecule has 2 fully saturated rings. The lowest BCUT2D eigenvalue weighted by molar-refractivity contribution is -0.136. The first-order valence-electron chi connectivity index (χ1n) is 20.7. The number of piperidine rings is 1. The molecule has 6 aromatic rings. The number of amides is 2. The van der Waals surface area contributed by atoms with E-state index in [-0.39, 0.29) is 0 Å². The Morgan fingerprint density at radius 3 is 1.61 bits per heavy atom. The Hall–Kier alpha value is -6.09. The second-order valence-corrected chi connectivity index (χ2v) is 16.4. The molecule has 2 atom stereocenters. The standard InChI is InChI=1S/C46H51ClN10O4/c1-28-6-12-35(13-7-28)60-41(43(58)51-33-11-17-40-38(27-33)30(3)50-46(54-40)57-24-20-48-21-25-57)42(61-36-14-8-31(47)9-15-36)44(59)52-32-10-16-39-37(26-32)29(2)49-45(53-39)56-22-18-34(19-23-56)55(4)5/h6-17,26-27,34,41-42,48H,18-25H2,1-5H3,(H,51,58)(H,52,59). The van der Waals surface area contributed by atoms with Gasteiger partial charge >= 0.3 is 0 Å². The number of halogens is 1. The smallest absolute Gasteiger partial charge is 0.269 e. The Morgan fingerprint density at radius 2 is 1.13 bits per heavy atom. The van der Waals surface area contributed by atoms with Gasteiger partial charge in [-0.2, -0.15) is 0 Å². The van der Waals surface area contributed by atoms with Crippen molar-refractivity contribution in [2.24, 2.45) is 0 Å². The number of rotatable bonds is 12. The summed E-state index contributed by atoms with van der Waals surface area (Å²) in [6, 6.07) is 25.3. The number of fused-ring (bicyclic) bond motifs is 2. The zero-order chi connectivity index (χ0) is 42.6. The fourth-order valence-corrected chi connectivity index (χ4v) is 7.90. The predicted octanol–water partition coefficient (Wildman–Crippen LogP) is 6.56. The summed E-state index contributed by atoms with van der Waals surface area (Å²) in [5, 5.41) is 11.4. The van der Waals surface area contributed by atoms with Crippen LogP contribution in [0.15, 0.2) is 84.9 Å². The van der Waals surface area contributed by atoms with E-state index in [1.165, 1.54) is 0 Å². The lowest BCUT2D eigenvalue weighted by atomic mass is 10.0. The highest BCUT2D eigenvalue weighted by Gasteiger charge is 2.39. The van der Waals surface area contributed by atoms with Crippen LogP contribution >= 0.6 is 11.6 Å². The Morgan fingerprint density at radius 1 is 0.672 bits per heavy atom. The minimum absolute atomic E-state index is 0.318. The maximum atomic E-state index is 14.6. The molecule has 14 nitrogen and oxygen atoms in total. The molecule has 4 heterocycles. The number of carbonyl (C=O) groups is 2. The molecule has 0 bridgehead atoms. The van der Waals surface area contributed by atoms with E-state index >= 15 is 0 Å². The van der Waals surface area contributed by atoms with Crippen molar-refractivity contribution in [2.45, 2.75) is 51.9 Å². The number of ether oxygens (including phenoxy) is 2. The number of piperazine rings is 1. The molecule has 2 aliphatic heterocycles. The third-order valence-electron chi connectivity index (χ3n) is 11.3. The molecular formula is C46H51ClN10O4. The highest BCUT2D eigenvalue weighted by molar-refractivity contribution is 6.30. The number of carbonyl (C=O) groups excluding carboxylic acids is 2. The van der Waals surface area contributed by atoms with Crippen LogP contribution in [0.2, 0.25) is 5.02 Å². The molecule has 2 aliphatic rings.